The number of hydrogen-bond acceptors (Lipinski definition) is 9. The molecule has 0 saturated carbocycles. The van der Waals surface area contributed by atoms with Crippen LogP contribution in [0.3, 0.4) is 0 Å². The highest BCUT2D eigenvalue weighted by molar-refractivity contribution is 6.67. The molecule has 9 nitrogen and oxygen atoms in total. The molecule has 0 radical (unpaired) electrons. The fraction of sp³-hybridized carbons (Fsp3) is 0.296. The zero-order valence-corrected chi connectivity index (χ0v) is 37.4. The standard InChI is InChI=1S/C27H29NO3.C18H22N2O.C8H7ClO2.CH4/c1-28-15-13-25(14-16-28)31-26-8-4-7-23(19-26)22-6-3-5-20(17-22)18-27(29)21-9-11-24(30-2)12-10-21;1-20-10-8-17(9-11-20)21-18-7-3-5-15(13-18)14-4-2-6-16(19)12-14;1-11-7-4-2-6(3-5-7)8(9)10;/h3-12,17,19,25H,13-16,18H2,1-2H3;2-7,12-13,17H,8-11,19H2,1H3;2-5H,1H3;1H4. The molecule has 2 saturated heterocycles. The molecule has 6 aromatic carbocycles. The predicted molar refractivity (Wildman–Crippen MR) is 261 cm³/mol. The zero-order chi connectivity index (χ0) is 44.6. The average molecular weight is 885 g/mol. The number of Topliss-reactive ketones (excluding diaryl/α,β-unsaturated/α-hetero) is 1. The van der Waals surface area contributed by atoms with Gasteiger partial charge in [0.05, 0.1) is 14.2 Å². The lowest BCUT2D eigenvalue weighted by atomic mass is 9.98. The molecule has 0 bridgehead atoms. The minimum atomic E-state index is -0.451. The van der Waals surface area contributed by atoms with Crippen LogP contribution in [0.4, 0.5) is 5.69 Å². The van der Waals surface area contributed by atoms with Crippen LogP contribution in [0, 0.1) is 0 Å². The second-order valence-corrected chi connectivity index (χ2v) is 16.3. The van der Waals surface area contributed by atoms with Crippen molar-refractivity contribution in [3.63, 3.8) is 0 Å². The van der Waals surface area contributed by atoms with Crippen LogP contribution in [0.5, 0.6) is 23.0 Å². The first-order valence-electron chi connectivity index (χ1n) is 21.4. The predicted octanol–water partition coefficient (Wildman–Crippen LogP) is 11.4. The van der Waals surface area contributed by atoms with Crippen molar-refractivity contribution >= 4 is 28.3 Å². The van der Waals surface area contributed by atoms with Gasteiger partial charge in [-0.3, -0.25) is 9.59 Å². The van der Waals surface area contributed by atoms with Gasteiger partial charge < -0.3 is 34.5 Å². The largest absolute Gasteiger partial charge is 0.497 e. The van der Waals surface area contributed by atoms with Crippen LogP contribution in [-0.4, -0.2) is 87.5 Å². The van der Waals surface area contributed by atoms with E-state index in [-0.39, 0.29) is 19.3 Å². The maximum atomic E-state index is 12.7. The fourth-order valence-corrected chi connectivity index (χ4v) is 7.58. The third-order valence-electron chi connectivity index (χ3n) is 11.2. The molecule has 6 aromatic rings. The Balaban J connectivity index is 0.000000201. The maximum absolute atomic E-state index is 12.7. The van der Waals surface area contributed by atoms with Gasteiger partial charge in [-0.05, 0) is 164 Å². The lowest BCUT2D eigenvalue weighted by Gasteiger charge is -2.29. The highest BCUT2D eigenvalue weighted by atomic mass is 35.5. The van der Waals surface area contributed by atoms with Gasteiger partial charge in [-0.2, -0.15) is 0 Å². The lowest BCUT2D eigenvalue weighted by Crippen LogP contribution is -2.35. The number of piperidine rings is 2. The van der Waals surface area contributed by atoms with Crippen molar-refractivity contribution in [2.75, 3.05) is 60.2 Å². The number of likely N-dealkylation sites (tertiary alicyclic amines) is 2. The monoisotopic (exact) mass is 883 g/mol. The van der Waals surface area contributed by atoms with Crippen molar-refractivity contribution in [1.29, 1.82) is 0 Å². The Morgan fingerprint density at radius 1 is 0.547 bits per heavy atom. The van der Waals surface area contributed by atoms with E-state index in [2.05, 4.69) is 66.4 Å². The number of anilines is 1. The van der Waals surface area contributed by atoms with E-state index in [1.165, 1.54) is 0 Å². The van der Waals surface area contributed by atoms with Crippen LogP contribution >= 0.6 is 11.6 Å². The fourth-order valence-electron chi connectivity index (χ4n) is 7.45. The summed E-state index contributed by atoms with van der Waals surface area (Å²) in [7, 11) is 7.51. The minimum absolute atomic E-state index is 0. The van der Waals surface area contributed by atoms with Gasteiger partial charge in [-0.15, -0.1) is 0 Å². The number of halogens is 1. The van der Waals surface area contributed by atoms with Gasteiger partial charge >= 0.3 is 0 Å². The molecule has 0 aliphatic carbocycles. The zero-order valence-electron chi connectivity index (χ0n) is 36.7. The molecule has 0 unspecified atom stereocenters. The van der Waals surface area contributed by atoms with Crippen molar-refractivity contribution in [2.24, 2.45) is 0 Å². The second-order valence-electron chi connectivity index (χ2n) is 16.0. The van der Waals surface area contributed by atoms with Crippen LogP contribution in [0.2, 0.25) is 0 Å². The van der Waals surface area contributed by atoms with Crippen LogP contribution < -0.4 is 24.7 Å². The Kier molecular flexibility index (Phi) is 18.8. The van der Waals surface area contributed by atoms with Crippen molar-refractivity contribution in [3.8, 4) is 45.3 Å². The molecule has 0 atom stereocenters. The van der Waals surface area contributed by atoms with E-state index in [0.29, 0.717) is 29.4 Å². The average Bonchev–Trinajstić information content (AvgIpc) is 3.31. The van der Waals surface area contributed by atoms with E-state index in [4.69, 9.17) is 36.3 Å². The Morgan fingerprint density at radius 2 is 0.953 bits per heavy atom. The highest BCUT2D eigenvalue weighted by Gasteiger charge is 2.19. The van der Waals surface area contributed by atoms with Gasteiger partial charge in [-0.25, -0.2) is 0 Å². The van der Waals surface area contributed by atoms with Crippen molar-refractivity contribution < 1.29 is 28.5 Å². The summed E-state index contributed by atoms with van der Waals surface area (Å²) in [5.74, 6) is 3.42. The number of ketones is 1. The molecule has 2 fully saturated rings. The second kappa shape index (κ2) is 24.6. The van der Waals surface area contributed by atoms with Gasteiger partial charge in [0.1, 0.15) is 35.2 Å². The van der Waals surface area contributed by atoms with Crippen LogP contribution in [0.1, 0.15) is 59.4 Å². The Labute approximate surface area is 384 Å². The van der Waals surface area contributed by atoms with Gasteiger partial charge in [0, 0.05) is 49.4 Å². The van der Waals surface area contributed by atoms with Crippen molar-refractivity contribution in [3.05, 3.63) is 162 Å². The maximum Gasteiger partial charge on any atom is 0.252 e. The van der Waals surface area contributed by atoms with E-state index in [1.807, 2.05) is 78.9 Å². The number of methoxy groups -OCH3 is 2. The smallest absolute Gasteiger partial charge is 0.252 e. The first-order chi connectivity index (χ1) is 30.5. The Morgan fingerprint density at radius 3 is 1.39 bits per heavy atom. The van der Waals surface area contributed by atoms with Gasteiger partial charge in [0.2, 0.25) is 0 Å². The third-order valence-corrected chi connectivity index (χ3v) is 11.4. The topological polar surface area (TPSA) is 104 Å². The quantitative estimate of drug-likeness (QED) is 0.0731. The SMILES string of the molecule is C.CN1CCC(Oc2cccc(-c3cccc(N)c3)c2)CC1.COc1ccc(C(=O)Cc2cccc(-c3cccc(OC4CCN(C)CC4)c3)c2)cc1.COc1ccc(C(=O)Cl)cc1. The van der Waals surface area contributed by atoms with E-state index >= 15 is 0 Å². The van der Waals surface area contributed by atoms with E-state index in [9.17, 15) is 9.59 Å². The summed E-state index contributed by atoms with van der Waals surface area (Å²) in [6, 6.07) is 46.6. The number of nitrogens with zero attached hydrogens (tertiary/aromatic N) is 2. The molecule has 2 heterocycles. The van der Waals surface area contributed by atoms with Gasteiger partial charge in [-0.1, -0.05) is 68.1 Å². The summed E-state index contributed by atoms with van der Waals surface area (Å²) in [4.78, 5) is 28.0. The molecule has 8 rings (SSSR count). The summed E-state index contributed by atoms with van der Waals surface area (Å²) >= 11 is 5.22. The first-order valence-corrected chi connectivity index (χ1v) is 21.8. The summed E-state index contributed by atoms with van der Waals surface area (Å²) in [6.07, 6.45) is 5.29. The van der Waals surface area contributed by atoms with E-state index < -0.39 is 5.24 Å². The molecular weight excluding hydrogens is 822 g/mol. The number of carbonyl (C=O) groups is 2. The number of ether oxygens (including phenoxy) is 4. The number of hydrogen-bond donors (Lipinski definition) is 1. The third kappa shape index (κ3) is 15.0. The molecular formula is C54H62ClN3O6. The molecule has 0 amide bonds. The number of rotatable bonds is 12. The summed E-state index contributed by atoms with van der Waals surface area (Å²) in [6.45, 7) is 4.38. The highest BCUT2D eigenvalue weighted by Crippen LogP contribution is 2.29. The number of carbonyl (C=O) groups excluding carboxylic acids is 2. The Hall–Kier alpha value is -6.13. The minimum Gasteiger partial charge on any atom is -0.497 e. The van der Waals surface area contributed by atoms with Crippen LogP contribution in [0.25, 0.3) is 22.3 Å². The molecule has 336 valence electrons. The summed E-state index contributed by atoms with van der Waals surface area (Å²) in [5.41, 5.74) is 13.3. The molecule has 2 aliphatic rings. The molecule has 10 heteroatoms. The van der Waals surface area contributed by atoms with E-state index in [1.54, 1.807) is 38.5 Å². The molecule has 0 spiro atoms. The molecule has 2 aliphatic heterocycles. The van der Waals surface area contributed by atoms with E-state index in [0.717, 1.165) is 103 Å². The number of nitrogen functional groups attached to an aromatic ring is 1. The number of nitrogens with two attached hydrogens (primary N) is 1. The van der Waals surface area contributed by atoms with Gasteiger partial charge in [0.25, 0.3) is 5.24 Å². The van der Waals surface area contributed by atoms with Gasteiger partial charge in [0.15, 0.2) is 5.78 Å². The van der Waals surface area contributed by atoms with Crippen LogP contribution in [-0.2, 0) is 6.42 Å². The molecule has 2 N–H and O–H groups in total. The first kappa shape index (κ1) is 48.9. The summed E-state index contributed by atoms with van der Waals surface area (Å²) in [5, 5.41) is -0.451. The Bertz CT molecular complexity index is 2370. The van der Waals surface area contributed by atoms with Crippen LogP contribution in [0.15, 0.2) is 146 Å². The van der Waals surface area contributed by atoms with Crippen molar-refractivity contribution in [2.45, 2.75) is 51.7 Å². The molecule has 64 heavy (non-hydrogen) atoms. The number of benzene rings is 6. The normalized spacial score (nSPS) is 14.3. The molecule has 0 aromatic heterocycles. The lowest BCUT2D eigenvalue weighted by molar-refractivity contribution is 0.0992. The van der Waals surface area contributed by atoms with Crippen molar-refractivity contribution in [1.82, 2.24) is 9.80 Å². The summed E-state index contributed by atoms with van der Waals surface area (Å²) < 4.78 is 22.4.